The highest BCUT2D eigenvalue weighted by Crippen LogP contribution is 2.41. The molecule has 1 amide bonds. The van der Waals surface area contributed by atoms with Crippen LogP contribution in [0.25, 0.3) is 0 Å². The van der Waals surface area contributed by atoms with Crippen molar-refractivity contribution in [2.45, 2.75) is 26.0 Å². The van der Waals surface area contributed by atoms with Crippen molar-refractivity contribution in [1.82, 2.24) is 14.8 Å². The molecule has 7 nitrogen and oxygen atoms in total. The number of anilines is 1. The summed E-state index contributed by atoms with van der Waals surface area (Å²) >= 11 is 7.04. The van der Waals surface area contributed by atoms with Gasteiger partial charge in [0.15, 0.2) is 11.5 Å². The molecule has 0 radical (unpaired) electrons. The number of hydrogen-bond acceptors (Lipinski definition) is 5. The third-order valence-electron chi connectivity index (χ3n) is 4.51. The topological polar surface area (TPSA) is 78.3 Å². The maximum Gasteiger partial charge on any atom is 0.229 e. The molecule has 2 aromatic carbocycles. The van der Waals surface area contributed by atoms with Gasteiger partial charge in [-0.15, -0.1) is 0 Å². The van der Waals surface area contributed by atoms with Gasteiger partial charge in [-0.05, 0) is 58.2 Å². The Labute approximate surface area is 184 Å². The zero-order chi connectivity index (χ0) is 20.4. The number of benzene rings is 2. The summed E-state index contributed by atoms with van der Waals surface area (Å²) in [4.78, 5) is 16.2. The van der Waals surface area contributed by atoms with Crippen LogP contribution in [0.2, 0.25) is 0 Å². The number of nitrogens with one attached hydrogen (secondary N) is 1. The normalized spacial score (nSPS) is 15.6. The summed E-state index contributed by atoms with van der Waals surface area (Å²) in [6, 6.07) is 11.5. The summed E-state index contributed by atoms with van der Waals surface area (Å²) in [6.45, 7) is 2.82. The first-order valence-electron chi connectivity index (χ1n) is 9.08. The number of hydrogen-bond donors (Lipinski definition) is 1. The molecule has 0 saturated heterocycles. The second-order valence-corrected chi connectivity index (χ2v) is 8.24. The number of amides is 1. The van der Waals surface area contributed by atoms with Crippen molar-refractivity contribution in [3.63, 3.8) is 0 Å². The summed E-state index contributed by atoms with van der Waals surface area (Å²) in [5.41, 5.74) is 1.93. The number of aromatic nitrogens is 3. The molecule has 0 aliphatic carbocycles. The van der Waals surface area contributed by atoms with E-state index in [4.69, 9.17) is 9.47 Å². The van der Waals surface area contributed by atoms with Crippen molar-refractivity contribution in [3.05, 3.63) is 62.8 Å². The lowest BCUT2D eigenvalue weighted by atomic mass is 10.0. The average Bonchev–Trinajstić information content (AvgIpc) is 3.16. The number of halogens is 2. The van der Waals surface area contributed by atoms with Gasteiger partial charge < -0.3 is 9.47 Å². The lowest BCUT2D eigenvalue weighted by Gasteiger charge is -2.25. The largest absolute Gasteiger partial charge is 0.490 e. The number of ether oxygens (including phenoxy) is 2. The van der Waals surface area contributed by atoms with Gasteiger partial charge in [0.1, 0.15) is 12.9 Å². The van der Waals surface area contributed by atoms with E-state index in [0.29, 0.717) is 30.7 Å². The SMILES string of the molecule is CCOc1cc([C@H]2CC(=O)Nc3ncnn32)cc(Br)c1OCc1ccc(Br)cc1. The van der Waals surface area contributed by atoms with E-state index in [1.807, 2.05) is 43.3 Å². The quantitative estimate of drug-likeness (QED) is 0.508. The lowest BCUT2D eigenvalue weighted by Crippen LogP contribution is -2.29. The smallest absolute Gasteiger partial charge is 0.229 e. The standard InChI is InChI=1S/C20H18Br2N4O3/c1-2-28-17-8-13(16-9-18(27)25-20-23-11-24-26(16)20)7-15(22)19(17)29-10-12-3-5-14(21)6-4-12/h3-8,11,16H,2,9-10H2,1H3,(H,23,24,25,27)/t16-/m1/s1. The minimum Gasteiger partial charge on any atom is -0.490 e. The van der Waals surface area contributed by atoms with Crippen LogP contribution in [0, 0.1) is 0 Å². The van der Waals surface area contributed by atoms with Crippen LogP contribution in [-0.4, -0.2) is 27.3 Å². The third kappa shape index (κ3) is 4.30. The Kier molecular flexibility index (Phi) is 5.86. The van der Waals surface area contributed by atoms with Gasteiger partial charge in [-0.1, -0.05) is 28.1 Å². The molecule has 1 N–H and O–H groups in total. The van der Waals surface area contributed by atoms with Crippen molar-refractivity contribution in [2.24, 2.45) is 0 Å². The van der Waals surface area contributed by atoms with E-state index in [1.54, 1.807) is 4.68 Å². The monoisotopic (exact) mass is 520 g/mol. The molecule has 2 heterocycles. The van der Waals surface area contributed by atoms with Gasteiger partial charge in [-0.3, -0.25) is 10.1 Å². The van der Waals surface area contributed by atoms with Crippen molar-refractivity contribution in [2.75, 3.05) is 11.9 Å². The zero-order valence-electron chi connectivity index (χ0n) is 15.6. The average molecular weight is 522 g/mol. The highest BCUT2D eigenvalue weighted by Gasteiger charge is 2.29. The Balaban J connectivity index is 1.65. The van der Waals surface area contributed by atoms with Crippen LogP contribution >= 0.6 is 31.9 Å². The van der Waals surface area contributed by atoms with Gasteiger partial charge in [-0.2, -0.15) is 10.1 Å². The van der Waals surface area contributed by atoms with Crippen molar-refractivity contribution < 1.29 is 14.3 Å². The Morgan fingerprint density at radius 2 is 2.00 bits per heavy atom. The number of fused-ring (bicyclic) bond motifs is 1. The van der Waals surface area contributed by atoms with Gasteiger partial charge in [0.05, 0.1) is 23.5 Å². The third-order valence-corrected chi connectivity index (χ3v) is 5.63. The number of carbonyl (C=O) groups excluding carboxylic acids is 1. The summed E-state index contributed by atoms with van der Waals surface area (Å²) < 4.78 is 15.4. The molecule has 150 valence electrons. The number of rotatable bonds is 6. The van der Waals surface area contributed by atoms with Gasteiger partial charge >= 0.3 is 0 Å². The highest BCUT2D eigenvalue weighted by atomic mass is 79.9. The van der Waals surface area contributed by atoms with Crippen molar-refractivity contribution >= 4 is 43.7 Å². The predicted octanol–water partition coefficient (Wildman–Crippen LogP) is 4.71. The fourth-order valence-electron chi connectivity index (χ4n) is 3.18. The van der Waals surface area contributed by atoms with Gasteiger partial charge in [0, 0.05) is 4.47 Å². The van der Waals surface area contributed by atoms with E-state index in [0.717, 1.165) is 20.1 Å². The first-order valence-corrected chi connectivity index (χ1v) is 10.7. The molecule has 1 aromatic heterocycles. The molecule has 3 aromatic rings. The molecule has 0 fully saturated rings. The van der Waals surface area contributed by atoms with Crippen LogP contribution in [0.1, 0.15) is 30.5 Å². The number of carbonyl (C=O) groups is 1. The van der Waals surface area contributed by atoms with E-state index in [2.05, 4.69) is 47.3 Å². The van der Waals surface area contributed by atoms with Crippen LogP contribution in [0.5, 0.6) is 11.5 Å². The zero-order valence-corrected chi connectivity index (χ0v) is 18.7. The Morgan fingerprint density at radius 3 is 2.76 bits per heavy atom. The van der Waals surface area contributed by atoms with E-state index >= 15 is 0 Å². The Hall–Kier alpha value is -2.39. The van der Waals surface area contributed by atoms with Gasteiger partial charge in [0.25, 0.3) is 0 Å². The summed E-state index contributed by atoms with van der Waals surface area (Å²) in [5, 5.41) is 6.99. The van der Waals surface area contributed by atoms with Crippen molar-refractivity contribution in [1.29, 1.82) is 0 Å². The van der Waals surface area contributed by atoms with Gasteiger partial charge in [-0.25, -0.2) is 4.68 Å². The first kappa shape index (κ1) is 19.9. The Morgan fingerprint density at radius 1 is 1.21 bits per heavy atom. The van der Waals surface area contributed by atoms with E-state index in [-0.39, 0.29) is 18.4 Å². The van der Waals surface area contributed by atoms with Crippen LogP contribution in [0.15, 0.2) is 51.7 Å². The van der Waals surface area contributed by atoms with E-state index in [1.165, 1.54) is 6.33 Å². The lowest BCUT2D eigenvalue weighted by molar-refractivity contribution is -0.117. The van der Waals surface area contributed by atoms with Crippen LogP contribution < -0.4 is 14.8 Å². The maximum absolute atomic E-state index is 12.1. The molecular formula is C20H18Br2N4O3. The molecule has 1 aliphatic rings. The minimum atomic E-state index is -0.266. The second kappa shape index (κ2) is 8.54. The predicted molar refractivity (Wildman–Crippen MR) is 115 cm³/mol. The molecule has 1 atom stereocenters. The molecule has 29 heavy (non-hydrogen) atoms. The summed E-state index contributed by atoms with van der Waals surface area (Å²) in [6.07, 6.45) is 1.70. The van der Waals surface area contributed by atoms with Crippen LogP contribution in [0.3, 0.4) is 0 Å². The second-order valence-electron chi connectivity index (χ2n) is 6.47. The molecule has 4 rings (SSSR count). The van der Waals surface area contributed by atoms with Crippen molar-refractivity contribution in [3.8, 4) is 11.5 Å². The molecule has 9 heteroatoms. The van der Waals surface area contributed by atoms with E-state index in [9.17, 15) is 4.79 Å². The molecule has 1 aliphatic heterocycles. The fourth-order valence-corrected chi connectivity index (χ4v) is 4.02. The van der Waals surface area contributed by atoms with E-state index < -0.39 is 0 Å². The molecule has 0 spiro atoms. The minimum absolute atomic E-state index is 0.0971. The summed E-state index contributed by atoms with van der Waals surface area (Å²) in [7, 11) is 0. The first-order chi connectivity index (χ1) is 14.0. The van der Waals surface area contributed by atoms with Crippen LogP contribution in [0.4, 0.5) is 5.95 Å². The summed E-state index contributed by atoms with van der Waals surface area (Å²) in [5.74, 6) is 1.58. The molecule has 0 bridgehead atoms. The molecular weight excluding hydrogens is 504 g/mol. The van der Waals surface area contributed by atoms with Gasteiger partial charge in [0.2, 0.25) is 11.9 Å². The Bertz CT molecular complexity index is 1040. The highest BCUT2D eigenvalue weighted by molar-refractivity contribution is 9.10. The number of nitrogens with zero attached hydrogens (tertiary/aromatic N) is 3. The van der Waals surface area contributed by atoms with Crippen LogP contribution in [-0.2, 0) is 11.4 Å². The molecule has 0 unspecified atom stereocenters. The maximum atomic E-state index is 12.1. The fraction of sp³-hybridized carbons (Fsp3) is 0.250. The molecule has 0 saturated carbocycles.